The highest BCUT2D eigenvalue weighted by atomic mass is 79.9. The molecule has 118 valence electrons. The van der Waals surface area contributed by atoms with E-state index in [1.807, 2.05) is 30.3 Å². The quantitative estimate of drug-likeness (QED) is 0.745. The van der Waals surface area contributed by atoms with Crippen LogP contribution >= 0.6 is 15.9 Å². The van der Waals surface area contributed by atoms with E-state index >= 15 is 0 Å². The summed E-state index contributed by atoms with van der Waals surface area (Å²) >= 11 is 3.29. The number of hydrogen-bond acceptors (Lipinski definition) is 3. The van der Waals surface area contributed by atoms with Gasteiger partial charge in [0.05, 0.1) is 16.5 Å². The molecule has 0 amide bonds. The molecule has 6 heteroatoms. The summed E-state index contributed by atoms with van der Waals surface area (Å²) in [6, 6.07) is 14.7. The number of sulfonamides is 1. The Morgan fingerprint density at radius 1 is 1.14 bits per heavy atom. The minimum atomic E-state index is -3.50. The lowest BCUT2D eigenvalue weighted by Crippen LogP contribution is -2.25. The van der Waals surface area contributed by atoms with Crippen LogP contribution in [0.4, 0.5) is 0 Å². The molecule has 0 saturated carbocycles. The van der Waals surface area contributed by atoms with Crippen LogP contribution in [-0.2, 0) is 16.4 Å². The van der Waals surface area contributed by atoms with Crippen LogP contribution in [0.2, 0.25) is 0 Å². The first-order chi connectivity index (χ1) is 10.5. The van der Waals surface area contributed by atoms with Gasteiger partial charge in [-0.2, -0.15) is 0 Å². The minimum absolute atomic E-state index is 0.222. The summed E-state index contributed by atoms with van der Waals surface area (Å²) in [5.74, 6) is 0.600. The van der Waals surface area contributed by atoms with E-state index in [9.17, 15) is 8.42 Å². The Balaban J connectivity index is 1.92. The zero-order valence-corrected chi connectivity index (χ0v) is 14.7. The van der Waals surface area contributed by atoms with Crippen LogP contribution in [0.1, 0.15) is 12.0 Å². The van der Waals surface area contributed by atoms with Crippen molar-refractivity contribution in [3.8, 4) is 5.75 Å². The highest BCUT2D eigenvalue weighted by Crippen LogP contribution is 2.27. The van der Waals surface area contributed by atoms with Gasteiger partial charge in [-0.05, 0) is 52.5 Å². The number of nitrogens with one attached hydrogen (secondary N) is 1. The summed E-state index contributed by atoms with van der Waals surface area (Å²) < 4.78 is 32.8. The van der Waals surface area contributed by atoms with Gasteiger partial charge in [0.1, 0.15) is 5.75 Å². The van der Waals surface area contributed by atoms with Gasteiger partial charge in [-0.3, -0.25) is 0 Å². The van der Waals surface area contributed by atoms with Gasteiger partial charge < -0.3 is 4.74 Å². The Kier molecular flexibility index (Phi) is 5.99. The zero-order valence-electron chi connectivity index (χ0n) is 12.3. The van der Waals surface area contributed by atoms with E-state index in [-0.39, 0.29) is 4.90 Å². The molecular formula is C16H18BrNO3S. The number of ether oxygens (including phenoxy) is 1. The van der Waals surface area contributed by atoms with Gasteiger partial charge >= 0.3 is 0 Å². The Hall–Kier alpha value is -1.37. The molecule has 0 radical (unpaired) electrons. The molecule has 2 aromatic carbocycles. The number of hydrogen-bond donors (Lipinski definition) is 1. The first-order valence-electron chi connectivity index (χ1n) is 6.90. The second-order valence-electron chi connectivity index (χ2n) is 4.78. The van der Waals surface area contributed by atoms with Crippen LogP contribution in [0.3, 0.4) is 0 Å². The Labute approximate surface area is 139 Å². The van der Waals surface area contributed by atoms with Crippen LogP contribution in [0.5, 0.6) is 5.75 Å². The van der Waals surface area contributed by atoms with E-state index in [0.717, 1.165) is 12.8 Å². The number of benzene rings is 2. The summed E-state index contributed by atoms with van der Waals surface area (Å²) in [6.45, 7) is 0.404. The molecule has 1 N–H and O–H groups in total. The number of aryl methyl sites for hydroxylation is 1. The lowest BCUT2D eigenvalue weighted by atomic mass is 10.1. The van der Waals surface area contributed by atoms with Crippen molar-refractivity contribution in [1.82, 2.24) is 4.72 Å². The summed E-state index contributed by atoms with van der Waals surface area (Å²) in [6.07, 6.45) is 1.59. The van der Waals surface area contributed by atoms with Crippen molar-refractivity contribution >= 4 is 26.0 Å². The smallest absolute Gasteiger partial charge is 0.240 e. The highest BCUT2D eigenvalue weighted by molar-refractivity contribution is 9.10. The van der Waals surface area contributed by atoms with Gasteiger partial charge in [0, 0.05) is 6.54 Å². The maximum absolute atomic E-state index is 12.2. The van der Waals surface area contributed by atoms with Crippen molar-refractivity contribution in [1.29, 1.82) is 0 Å². The summed E-state index contributed by atoms with van der Waals surface area (Å²) in [5, 5.41) is 0. The van der Waals surface area contributed by atoms with Gasteiger partial charge in [0.15, 0.2) is 0 Å². The van der Waals surface area contributed by atoms with E-state index in [4.69, 9.17) is 4.74 Å². The first-order valence-corrected chi connectivity index (χ1v) is 9.17. The average Bonchev–Trinajstić information content (AvgIpc) is 2.52. The lowest BCUT2D eigenvalue weighted by molar-refractivity contribution is 0.411. The largest absolute Gasteiger partial charge is 0.496 e. The Morgan fingerprint density at radius 2 is 1.86 bits per heavy atom. The minimum Gasteiger partial charge on any atom is -0.496 e. The van der Waals surface area contributed by atoms with Crippen LogP contribution in [0.25, 0.3) is 0 Å². The fourth-order valence-corrected chi connectivity index (χ4v) is 3.83. The van der Waals surface area contributed by atoms with Crippen molar-refractivity contribution in [3.63, 3.8) is 0 Å². The van der Waals surface area contributed by atoms with Gasteiger partial charge in [-0.25, -0.2) is 13.1 Å². The molecule has 0 unspecified atom stereocenters. The fraction of sp³-hybridized carbons (Fsp3) is 0.250. The molecule has 2 aromatic rings. The Morgan fingerprint density at radius 3 is 2.50 bits per heavy atom. The van der Waals surface area contributed by atoms with Crippen molar-refractivity contribution in [3.05, 3.63) is 58.6 Å². The predicted octanol–water partition coefficient (Wildman–Crippen LogP) is 3.37. The molecular weight excluding hydrogens is 366 g/mol. The van der Waals surface area contributed by atoms with Gasteiger partial charge in [-0.1, -0.05) is 30.3 Å². The maximum atomic E-state index is 12.2. The summed E-state index contributed by atoms with van der Waals surface area (Å²) in [7, 11) is -1.96. The zero-order chi connectivity index (χ0) is 16.0. The van der Waals surface area contributed by atoms with Gasteiger partial charge in [-0.15, -0.1) is 0 Å². The van der Waals surface area contributed by atoms with E-state index in [1.54, 1.807) is 12.1 Å². The number of rotatable bonds is 7. The molecule has 0 fully saturated rings. The first kappa shape index (κ1) is 17.0. The van der Waals surface area contributed by atoms with Crippen LogP contribution in [0.15, 0.2) is 57.9 Å². The van der Waals surface area contributed by atoms with Crippen LogP contribution in [-0.4, -0.2) is 22.1 Å². The van der Waals surface area contributed by atoms with Crippen LogP contribution < -0.4 is 9.46 Å². The third-order valence-electron chi connectivity index (χ3n) is 3.21. The molecule has 0 saturated heterocycles. The normalized spacial score (nSPS) is 11.4. The predicted molar refractivity (Wildman–Crippen MR) is 90.6 cm³/mol. The molecule has 0 bridgehead atoms. The standard InChI is InChI=1S/C16H18BrNO3S/c1-21-16-10-9-14(12-15(16)17)22(19,20)18-11-5-8-13-6-3-2-4-7-13/h2-4,6-7,9-10,12,18H,5,8,11H2,1H3. The molecule has 0 aromatic heterocycles. The maximum Gasteiger partial charge on any atom is 0.240 e. The molecule has 0 heterocycles. The topological polar surface area (TPSA) is 55.4 Å². The highest BCUT2D eigenvalue weighted by Gasteiger charge is 2.15. The van der Waals surface area contributed by atoms with E-state index in [0.29, 0.717) is 16.8 Å². The van der Waals surface area contributed by atoms with Gasteiger partial charge in [0.25, 0.3) is 0 Å². The molecule has 0 atom stereocenters. The Bertz CT molecular complexity index is 717. The summed E-state index contributed by atoms with van der Waals surface area (Å²) in [4.78, 5) is 0.222. The fourth-order valence-electron chi connectivity index (χ4n) is 2.04. The van der Waals surface area contributed by atoms with E-state index < -0.39 is 10.0 Å². The molecule has 22 heavy (non-hydrogen) atoms. The second kappa shape index (κ2) is 7.76. The van der Waals surface area contributed by atoms with E-state index in [1.165, 1.54) is 18.7 Å². The van der Waals surface area contributed by atoms with E-state index in [2.05, 4.69) is 20.7 Å². The third-order valence-corrected chi connectivity index (χ3v) is 5.29. The summed E-state index contributed by atoms with van der Waals surface area (Å²) in [5.41, 5.74) is 1.20. The molecule has 0 aliphatic heterocycles. The SMILES string of the molecule is COc1ccc(S(=O)(=O)NCCCc2ccccc2)cc1Br. The lowest BCUT2D eigenvalue weighted by Gasteiger charge is -2.09. The van der Waals surface area contributed by atoms with Crippen LogP contribution in [0, 0.1) is 0 Å². The third kappa shape index (κ3) is 4.56. The average molecular weight is 384 g/mol. The monoisotopic (exact) mass is 383 g/mol. The number of methoxy groups -OCH3 is 1. The molecule has 0 aliphatic carbocycles. The van der Waals surface area contributed by atoms with Crippen molar-refractivity contribution < 1.29 is 13.2 Å². The molecule has 2 rings (SSSR count). The van der Waals surface area contributed by atoms with Crippen molar-refractivity contribution in [2.45, 2.75) is 17.7 Å². The molecule has 0 aliphatic rings. The molecule has 4 nitrogen and oxygen atoms in total. The van der Waals surface area contributed by atoms with Gasteiger partial charge in [0.2, 0.25) is 10.0 Å². The number of halogens is 1. The molecule has 0 spiro atoms. The second-order valence-corrected chi connectivity index (χ2v) is 7.40. The van der Waals surface area contributed by atoms with Crippen molar-refractivity contribution in [2.24, 2.45) is 0 Å². The van der Waals surface area contributed by atoms with Crippen molar-refractivity contribution in [2.75, 3.05) is 13.7 Å².